The van der Waals surface area contributed by atoms with Gasteiger partial charge in [0.15, 0.2) is 0 Å². The molecule has 4 fully saturated rings. The van der Waals surface area contributed by atoms with Crippen molar-refractivity contribution >= 4 is 5.97 Å². The summed E-state index contributed by atoms with van der Waals surface area (Å²) in [6.45, 7) is 2.80. The highest BCUT2D eigenvalue weighted by molar-refractivity contribution is 5.76. The maximum atomic E-state index is 12.2. The van der Waals surface area contributed by atoms with Gasteiger partial charge in [0.1, 0.15) is 17.6 Å². The van der Waals surface area contributed by atoms with Gasteiger partial charge in [0, 0.05) is 13.0 Å². The van der Waals surface area contributed by atoms with Gasteiger partial charge >= 0.3 is 5.97 Å². The number of rotatable bonds is 2. The molecule has 1 aromatic carbocycles. The second-order valence-corrected chi connectivity index (χ2v) is 6.35. The molecule has 1 aromatic rings. The minimum absolute atomic E-state index is 0.0487. The molecule has 5 rings (SSSR count). The average Bonchev–Trinajstić information content (AvgIpc) is 2.53. The summed E-state index contributed by atoms with van der Waals surface area (Å²) >= 11 is 0. The van der Waals surface area contributed by atoms with Crippen molar-refractivity contribution in [1.82, 2.24) is 5.06 Å². The van der Waals surface area contributed by atoms with E-state index in [1.807, 2.05) is 23.3 Å². The van der Waals surface area contributed by atoms with Crippen LogP contribution in [0.5, 0.6) is 0 Å². The topological polar surface area (TPSA) is 38.8 Å². The fraction of sp³-hybridized carbons (Fsp3) is 0.562. The smallest absolute Gasteiger partial charge is 0.313 e. The lowest BCUT2D eigenvalue weighted by Crippen LogP contribution is -2.47. The van der Waals surface area contributed by atoms with Crippen LogP contribution in [0.25, 0.3) is 0 Å². The molecule has 4 atom stereocenters. The molecule has 0 spiro atoms. The number of hydroxylamine groups is 2. The molecule has 4 aliphatic rings. The average molecular weight is 273 g/mol. The van der Waals surface area contributed by atoms with Crippen molar-refractivity contribution in [2.24, 2.45) is 5.92 Å². The van der Waals surface area contributed by atoms with E-state index in [1.165, 1.54) is 5.56 Å². The Hall–Kier alpha value is -1.39. The maximum absolute atomic E-state index is 12.2. The second-order valence-electron chi connectivity index (χ2n) is 6.35. The van der Waals surface area contributed by atoms with E-state index in [4.69, 9.17) is 9.57 Å². The van der Waals surface area contributed by atoms with Crippen molar-refractivity contribution in [2.45, 2.75) is 50.5 Å². The molecule has 3 aliphatic heterocycles. The molecule has 4 nitrogen and oxygen atoms in total. The summed E-state index contributed by atoms with van der Waals surface area (Å²) in [4.78, 5) is 18.4. The summed E-state index contributed by atoms with van der Waals surface area (Å²) in [6, 6.07) is 10.4. The molecule has 0 unspecified atom stereocenters. The Morgan fingerprint density at radius 1 is 1.30 bits per heavy atom. The molecular formula is C16H19NO3. The quantitative estimate of drug-likeness (QED) is 0.775. The van der Waals surface area contributed by atoms with E-state index in [0.717, 1.165) is 25.8 Å². The first-order valence-corrected chi connectivity index (χ1v) is 7.36. The van der Waals surface area contributed by atoms with Crippen LogP contribution in [-0.4, -0.2) is 28.8 Å². The van der Waals surface area contributed by atoms with E-state index in [1.54, 1.807) is 0 Å². The third kappa shape index (κ3) is 1.79. The van der Waals surface area contributed by atoms with Crippen LogP contribution >= 0.6 is 0 Å². The third-order valence-electron chi connectivity index (χ3n) is 4.87. The van der Waals surface area contributed by atoms with Crippen LogP contribution in [0.1, 0.15) is 31.7 Å². The van der Waals surface area contributed by atoms with Gasteiger partial charge in [-0.15, -0.1) is 0 Å². The molecule has 3 saturated heterocycles. The van der Waals surface area contributed by atoms with E-state index in [-0.39, 0.29) is 29.6 Å². The lowest BCUT2D eigenvalue weighted by atomic mass is 9.81. The predicted molar refractivity (Wildman–Crippen MR) is 72.5 cm³/mol. The Bertz CT molecular complexity index is 532. The largest absolute Gasteiger partial charge is 0.462 e. The molecule has 4 heteroatoms. The van der Waals surface area contributed by atoms with Crippen molar-refractivity contribution < 1.29 is 14.4 Å². The number of carbonyl (C=O) groups excluding carboxylic acids is 1. The molecule has 0 aromatic heterocycles. The van der Waals surface area contributed by atoms with Crippen molar-refractivity contribution in [3.63, 3.8) is 0 Å². The zero-order valence-electron chi connectivity index (χ0n) is 11.6. The van der Waals surface area contributed by atoms with Crippen LogP contribution in [0.2, 0.25) is 0 Å². The summed E-state index contributed by atoms with van der Waals surface area (Å²) in [5, 5.41) is 2.02. The minimum atomic E-state index is -0.379. The van der Waals surface area contributed by atoms with Crippen LogP contribution in [0.15, 0.2) is 30.3 Å². The number of fused-ring (bicyclic) bond motifs is 2. The molecule has 1 aliphatic carbocycles. The summed E-state index contributed by atoms with van der Waals surface area (Å²) in [5.41, 5.74) is 0.834. The highest BCUT2D eigenvalue weighted by Crippen LogP contribution is 2.49. The van der Waals surface area contributed by atoms with Gasteiger partial charge in [0.2, 0.25) is 0 Å². The van der Waals surface area contributed by atoms with Crippen molar-refractivity contribution in [2.75, 3.05) is 0 Å². The van der Waals surface area contributed by atoms with Crippen molar-refractivity contribution in [3.05, 3.63) is 35.9 Å². The first-order chi connectivity index (χ1) is 9.66. The fourth-order valence-electron chi connectivity index (χ4n) is 4.01. The number of ether oxygens (including phenoxy) is 1. The van der Waals surface area contributed by atoms with E-state index in [9.17, 15) is 4.79 Å². The van der Waals surface area contributed by atoms with E-state index >= 15 is 0 Å². The molecular weight excluding hydrogens is 254 g/mol. The summed E-state index contributed by atoms with van der Waals surface area (Å²) in [7, 11) is 0. The molecule has 106 valence electrons. The monoisotopic (exact) mass is 273 g/mol. The number of hydrogen-bond acceptors (Lipinski definition) is 4. The third-order valence-corrected chi connectivity index (χ3v) is 4.87. The summed E-state index contributed by atoms with van der Waals surface area (Å²) in [5.74, 6) is -0.202. The highest BCUT2D eigenvalue weighted by Gasteiger charge is 2.61. The Kier molecular flexibility index (Phi) is 2.66. The normalized spacial score (nSPS) is 39.6. The van der Waals surface area contributed by atoms with Gasteiger partial charge in [-0.3, -0.25) is 9.63 Å². The van der Waals surface area contributed by atoms with Gasteiger partial charge in [-0.25, -0.2) is 0 Å². The molecule has 4 bridgehead atoms. The summed E-state index contributed by atoms with van der Waals surface area (Å²) in [6.07, 6.45) is 2.80. The minimum Gasteiger partial charge on any atom is -0.462 e. The molecule has 0 amide bonds. The van der Waals surface area contributed by atoms with Gasteiger partial charge in [-0.05, 0) is 25.3 Å². The highest BCUT2D eigenvalue weighted by atomic mass is 16.7. The molecule has 3 heterocycles. The van der Waals surface area contributed by atoms with E-state index in [0.29, 0.717) is 0 Å². The fourth-order valence-corrected chi connectivity index (χ4v) is 4.01. The van der Waals surface area contributed by atoms with E-state index < -0.39 is 0 Å². The van der Waals surface area contributed by atoms with Gasteiger partial charge in [-0.1, -0.05) is 30.3 Å². The number of esters is 1. The van der Waals surface area contributed by atoms with Crippen LogP contribution in [0, 0.1) is 5.92 Å². The Morgan fingerprint density at radius 2 is 2.10 bits per heavy atom. The molecule has 0 radical (unpaired) electrons. The zero-order valence-corrected chi connectivity index (χ0v) is 11.6. The van der Waals surface area contributed by atoms with Crippen LogP contribution in [-0.2, 0) is 20.9 Å². The predicted octanol–water partition coefficient (Wildman–Crippen LogP) is 2.29. The Balaban J connectivity index is 1.63. The lowest BCUT2D eigenvalue weighted by Gasteiger charge is -2.35. The van der Waals surface area contributed by atoms with Gasteiger partial charge in [0.05, 0.1) is 6.04 Å². The van der Waals surface area contributed by atoms with Gasteiger partial charge in [-0.2, -0.15) is 5.06 Å². The Morgan fingerprint density at radius 3 is 2.90 bits per heavy atom. The van der Waals surface area contributed by atoms with Crippen LogP contribution in [0.4, 0.5) is 0 Å². The SMILES string of the molecule is C[C@@]12C[C@@H]3CC[C@@H]([C@H]1C(=O)O3)N(Cc1ccccc1)O2. The lowest BCUT2D eigenvalue weighted by molar-refractivity contribution is -0.232. The number of carbonyl (C=O) groups is 1. The first kappa shape index (κ1) is 12.4. The van der Waals surface area contributed by atoms with Gasteiger partial charge < -0.3 is 4.74 Å². The Labute approximate surface area is 118 Å². The maximum Gasteiger partial charge on any atom is 0.313 e. The van der Waals surface area contributed by atoms with E-state index in [2.05, 4.69) is 19.1 Å². The second kappa shape index (κ2) is 4.30. The molecule has 1 saturated carbocycles. The number of benzene rings is 1. The number of nitrogens with zero attached hydrogens (tertiary/aromatic N) is 1. The van der Waals surface area contributed by atoms with Crippen molar-refractivity contribution in [3.8, 4) is 0 Å². The zero-order chi connectivity index (χ0) is 13.7. The standard InChI is InChI=1S/C16H19NO3/c1-16-9-12-7-8-13(14(16)15(18)19-12)17(20-16)10-11-5-3-2-4-6-11/h2-6,12-14H,7-10H2,1H3/t12-,13-,14-,16+/m0/s1. The van der Waals surface area contributed by atoms with Crippen LogP contribution < -0.4 is 0 Å². The molecule has 0 N–H and O–H groups in total. The number of hydrogen-bond donors (Lipinski definition) is 0. The van der Waals surface area contributed by atoms with Gasteiger partial charge in [0.25, 0.3) is 0 Å². The summed E-state index contributed by atoms with van der Waals surface area (Å²) < 4.78 is 5.51. The molecule has 20 heavy (non-hydrogen) atoms. The first-order valence-electron chi connectivity index (χ1n) is 7.36. The van der Waals surface area contributed by atoms with Crippen molar-refractivity contribution in [1.29, 1.82) is 0 Å². The van der Waals surface area contributed by atoms with Crippen LogP contribution in [0.3, 0.4) is 0 Å².